The lowest BCUT2D eigenvalue weighted by Gasteiger charge is -2.19. The summed E-state index contributed by atoms with van der Waals surface area (Å²) in [5, 5.41) is 13.3. The van der Waals surface area contributed by atoms with Crippen LogP contribution in [0.15, 0.2) is 48.5 Å². The van der Waals surface area contributed by atoms with Crippen molar-refractivity contribution in [1.82, 2.24) is 5.32 Å². The van der Waals surface area contributed by atoms with Crippen LogP contribution in [0.25, 0.3) is 0 Å². The van der Waals surface area contributed by atoms with Gasteiger partial charge >= 0.3 is 0 Å². The smallest absolute Gasteiger partial charge is 0.161 e. The summed E-state index contributed by atoms with van der Waals surface area (Å²) < 4.78 is 11.1. The summed E-state index contributed by atoms with van der Waals surface area (Å²) in [6.45, 7) is 2.39. The summed E-state index contributed by atoms with van der Waals surface area (Å²) in [4.78, 5) is 0. The van der Waals surface area contributed by atoms with Crippen molar-refractivity contribution >= 4 is 12.4 Å². The molecule has 0 radical (unpaired) electrons. The zero-order valence-electron chi connectivity index (χ0n) is 12.2. The number of fused-ring (bicyclic) bond motifs is 1. The lowest BCUT2D eigenvalue weighted by molar-refractivity contribution is 0.170. The van der Waals surface area contributed by atoms with E-state index in [1.54, 1.807) is 0 Å². The Labute approximate surface area is 136 Å². The van der Waals surface area contributed by atoms with E-state index in [9.17, 15) is 5.11 Å². The van der Waals surface area contributed by atoms with E-state index >= 15 is 0 Å². The second kappa shape index (κ2) is 8.03. The van der Waals surface area contributed by atoms with Gasteiger partial charge in [0, 0.05) is 13.1 Å². The minimum atomic E-state index is -0.497. The van der Waals surface area contributed by atoms with Crippen LogP contribution in [0, 0.1) is 0 Å². The molecule has 0 saturated heterocycles. The maximum absolute atomic E-state index is 10.1. The Hall–Kier alpha value is -1.75. The minimum absolute atomic E-state index is 0. The molecule has 0 fully saturated rings. The molecule has 0 aliphatic carbocycles. The Kier molecular flexibility index (Phi) is 6.07. The van der Waals surface area contributed by atoms with Crippen molar-refractivity contribution < 1.29 is 14.6 Å². The van der Waals surface area contributed by atoms with Gasteiger partial charge in [0.15, 0.2) is 11.5 Å². The summed E-state index contributed by atoms with van der Waals surface area (Å²) in [7, 11) is 0. The van der Waals surface area contributed by atoms with Gasteiger partial charge < -0.3 is 19.9 Å². The monoisotopic (exact) mass is 321 g/mol. The number of ether oxygens (including phenoxy) is 2. The third kappa shape index (κ3) is 4.13. The number of benzene rings is 2. The molecule has 1 unspecified atom stereocenters. The average molecular weight is 322 g/mol. The number of nitrogens with one attached hydrogen (secondary N) is 1. The molecule has 1 heterocycles. The molecule has 0 bridgehead atoms. The molecule has 0 saturated carbocycles. The van der Waals surface area contributed by atoms with Gasteiger partial charge in [0.1, 0.15) is 13.2 Å². The highest BCUT2D eigenvalue weighted by molar-refractivity contribution is 5.85. The Morgan fingerprint density at radius 2 is 1.73 bits per heavy atom. The van der Waals surface area contributed by atoms with Crippen molar-refractivity contribution in [1.29, 1.82) is 0 Å². The van der Waals surface area contributed by atoms with Gasteiger partial charge in [0.2, 0.25) is 0 Å². The van der Waals surface area contributed by atoms with Crippen molar-refractivity contribution in [2.45, 2.75) is 12.6 Å². The van der Waals surface area contributed by atoms with E-state index in [0.717, 1.165) is 22.6 Å². The van der Waals surface area contributed by atoms with Gasteiger partial charge in [-0.25, -0.2) is 0 Å². The van der Waals surface area contributed by atoms with Crippen LogP contribution in [0.5, 0.6) is 11.5 Å². The number of halogens is 1. The van der Waals surface area contributed by atoms with Crippen LogP contribution in [0.3, 0.4) is 0 Å². The third-order valence-corrected chi connectivity index (χ3v) is 3.46. The van der Waals surface area contributed by atoms with Gasteiger partial charge in [0.25, 0.3) is 0 Å². The largest absolute Gasteiger partial charge is 0.486 e. The van der Waals surface area contributed by atoms with Gasteiger partial charge in [-0.1, -0.05) is 36.4 Å². The predicted octanol–water partition coefficient (Wildman–Crippen LogP) is 2.70. The molecule has 2 aromatic carbocycles. The zero-order chi connectivity index (χ0) is 14.5. The first kappa shape index (κ1) is 16.6. The maximum atomic E-state index is 10.1. The Morgan fingerprint density at radius 1 is 1.00 bits per heavy atom. The molecule has 5 heteroatoms. The second-order valence-corrected chi connectivity index (χ2v) is 5.04. The van der Waals surface area contributed by atoms with E-state index in [2.05, 4.69) is 5.32 Å². The summed E-state index contributed by atoms with van der Waals surface area (Å²) in [5.41, 5.74) is 2.03. The van der Waals surface area contributed by atoms with Crippen molar-refractivity contribution in [2.24, 2.45) is 0 Å². The average Bonchev–Trinajstić information content (AvgIpc) is 2.55. The van der Waals surface area contributed by atoms with Crippen LogP contribution >= 0.6 is 12.4 Å². The van der Waals surface area contributed by atoms with Crippen LogP contribution < -0.4 is 14.8 Å². The maximum Gasteiger partial charge on any atom is 0.161 e. The number of hydrogen-bond donors (Lipinski definition) is 2. The second-order valence-electron chi connectivity index (χ2n) is 5.04. The quantitative estimate of drug-likeness (QED) is 0.889. The molecule has 0 aromatic heterocycles. The molecular formula is C17H20ClNO3. The number of rotatable bonds is 5. The van der Waals surface area contributed by atoms with Gasteiger partial charge in [-0.15, -0.1) is 12.4 Å². The molecule has 118 valence electrons. The first-order chi connectivity index (χ1) is 10.3. The van der Waals surface area contributed by atoms with Gasteiger partial charge in [-0.2, -0.15) is 0 Å². The van der Waals surface area contributed by atoms with Crippen LogP contribution in [0.4, 0.5) is 0 Å². The normalized spacial score (nSPS) is 14.0. The van der Waals surface area contributed by atoms with Crippen LogP contribution in [-0.4, -0.2) is 24.9 Å². The standard InChI is InChI=1S/C17H19NO3.ClH/c19-15(14-4-2-1-3-5-14)12-18-11-13-6-7-16-17(10-13)21-9-8-20-16;/h1-7,10,15,18-19H,8-9,11-12H2;1H. The van der Waals surface area contributed by atoms with Gasteiger partial charge in [0.05, 0.1) is 6.10 Å². The summed E-state index contributed by atoms with van der Waals surface area (Å²) >= 11 is 0. The lowest BCUT2D eigenvalue weighted by atomic mass is 10.1. The molecule has 2 N–H and O–H groups in total. The van der Waals surface area contributed by atoms with Crippen molar-refractivity contribution in [3.63, 3.8) is 0 Å². The molecule has 1 aliphatic heterocycles. The minimum Gasteiger partial charge on any atom is -0.486 e. The fourth-order valence-electron chi connectivity index (χ4n) is 2.34. The van der Waals surface area contributed by atoms with Crippen LogP contribution in [0.1, 0.15) is 17.2 Å². The number of hydrogen-bond acceptors (Lipinski definition) is 4. The highest BCUT2D eigenvalue weighted by Crippen LogP contribution is 2.30. The van der Waals surface area contributed by atoms with Crippen LogP contribution in [-0.2, 0) is 6.54 Å². The Bertz CT molecular complexity index is 592. The molecule has 1 atom stereocenters. The topological polar surface area (TPSA) is 50.7 Å². The highest BCUT2D eigenvalue weighted by Gasteiger charge is 2.12. The van der Waals surface area contributed by atoms with E-state index in [-0.39, 0.29) is 12.4 Å². The summed E-state index contributed by atoms with van der Waals surface area (Å²) in [6.07, 6.45) is -0.497. The van der Waals surface area contributed by atoms with Crippen molar-refractivity contribution in [3.05, 3.63) is 59.7 Å². The van der Waals surface area contributed by atoms with Crippen LogP contribution in [0.2, 0.25) is 0 Å². The molecule has 22 heavy (non-hydrogen) atoms. The summed E-state index contributed by atoms with van der Waals surface area (Å²) in [6, 6.07) is 15.6. The third-order valence-electron chi connectivity index (χ3n) is 3.46. The van der Waals surface area contributed by atoms with Crippen molar-refractivity contribution in [3.8, 4) is 11.5 Å². The molecule has 3 rings (SSSR count). The van der Waals surface area contributed by atoms with E-state index in [1.165, 1.54) is 0 Å². The van der Waals surface area contributed by atoms with Crippen molar-refractivity contribution in [2.75, 3.05) is 19.8 Å². The Morgan fingerprint density at radius 3 is 2.50 bits per heavy atom. The molecule has 0 spiro atoms. The number of aliphatic hydroxyl groups is 1. The zero-order valence-corrected chi connectivity index (χ0v) is 13.0. The summed E-state index contributed by atoms with van der Waals surface area (Å²) in [5.74, 6) is 1.60. The first-order valence-corrected chi connectivity index (χ1v) is 7.15. The van der Waals surface area contributed by atoms with Gasteiger partial charge in [-0.3, -0.25) is 0 Å². The van der Waals surface area contributed by atoms with E-state index in [0.29, 0.717) is 26.3 Å². The van der Waals surface area contributed by atoms with E-state index in [1.807, 2.05) is 48.5 Å². The lowest BCUT2D eigenvalue weighted by Crippen LogP contribution is -2.21. The first-order valence-electron chi connectivity index (χ1n) is 7.15. The van der Waals surface area contributed by atoms with E-state index in [4.69, 9.17) is 9.47 Å². The fraction of sp³-hybridized carbons (Fsp3) is 0.294. The molecule has 0 amide bonds. The predicted molar refractivity (Wildman–Crippen MR) is 87.8 cm³/mol. The number of aliphatic hydroxyl groups excluding tert-OH is 1. The Balaban J connectivity index is 0.00000176. The highest BCUT2D eigenvalue weighted by atomic mass is 35.5. The van der Waals surface area contributed by atoms with Gasteiger partial charge in [-0.05, 0) is 23.3 Å². The SMILES string of the molecule is Cl.OC(CNCc1ccc2c(c1)OCCO2)c1ccccc1. The molecular weight excluding hydrogens is 302 g/mol. The molecule has 1 aliphatic rings. The molecule has 4 nitrogen and oxygen atoms in total. The fourth-order valence-corrected chi connectivity index (χ4v) is 2.34. The molecule has 2 aromatic rings. The van der Waals surface area contributed by atoms with E-state index < -0.39 is 6.10 Å².